The van der Waals surface area contributed by atoms with Gasteiger partial charge in [-0.3, -0.25) is 0 Å². The second kappa shape index (κ2) is 21.7. The number of hydrogen-bond donors (Lipinski definition) is 0. The van der Waals surface area contributed by atoms with Crippen LogP contribution in [0.15, 0.2) is 48.8 Å². The molecule has 0 unspecified atom stereocenters. The van der Waals surface area contributed by atoms with Crippen molar-refractivity contribution in [2.75, 3.05) is 26.4 Å². The summed E-state index contributed by atoms with van der Waals surface area (Å²) in [5.41, 5.74) is 0.962. The van der Waals surface area contributed by atoms with Gasteiger partial charge in [-0.1, -0.05) is 83.8 Å². The van der Waals surface area contributed by atoms with E-state index in [9.17, 15) is 0 Å². The monoisotopic (exact) mass is 510 g/mol. The van der Waals surface area contributed by atoms with E-state index in [2.05, 4.69) is 36.0 Å². The molecule has 0 bridgehead atoms. The molecule has 5 heteroatoms. The molecule has 0 fully saturated rings. The van der Waals surface area contributed by atoms with Crippen molar-refractivity contribution >= 4 is 0 Å². The minimum absolute atomic E-state index is 0.601. The first kappa shape index (κ1) is 30.8. The smallest absolute Gasteiger partial charge is 0.159 e. The first-order valence-electron chi connectivity index (χ1n) is 14.7. The van der Waals surface area contributed by atoms with Gasteiger partial charge in [0, 0.05) is 18.8 Å². The molecule has 0 aliphatic heterocycles. The van der Waals surface area contributed by atoms with Crippen LogP contribution in [0.1, 0.15) is 104 Å². The van der Waals surface area contributed by atoms with Crippen molar-refractivity contribution in [1.29, 1.82) is 0 Å². The van der Waals surface area contributed by atoms with Crippen LogP contribution in [-0.2, 0) is 4.74 Å². The molecule has 0 spiro atoms. The van der Waals surface area contributed by atoms with Crippen molar-refractivity contribution in [3.8, 4) is 22.9 Å². The number of benzene rings is 1. The van der Waals surface area contributed by atoms with E-state index < -0.39 is 0 Å². The maximum absolute atomic E-state index is 5.83. The van der Waals surface area contributed by atoms with Crippen molar-refractivity contribution in [2.45, 2.75) is 104 Å². The van der Waals surface area contributed by atoms with E-state index in [-0.39, 0.29) is 0 Å². The molecule has 0 saturated carbocycles. The average Bonchev–Trinajstić information content (AvgIpc) is 2.93. The van der Waals surface area contributed by atoms with E-state index in [0.29, 0.717) is 24.8 Å². The molecule has 0 radical (unpaired) electrons. The standard InChI is InChI=1S/C32H50N2O3/c1-3-5-7-9-10-11-12-13-14-16-25-36-30-21-19-29(20-22-30)32-33-27-31(28-34-32)37-26-18-17-24-35-23-15-8-6-4-2/h14,16,19-22,27-28H,3-13,15,17-18,23-26H2,1-2H3/b16-14+. The third-order valence-corrected chi connectivity index (χ3v) is 6.32. The van der Waals surface area contributed by atoms with E-state index in [4.69, 9.17) is 14.2 Å². The predicted molar refractivity (Wildman–Crippen MR) is 154 cm³/mol. The Labute approximate surface area is 226 Å². The van der Waals surface area contributed by atoms with E-state index in [1.807, 2.05) is 24.3 Å². The van der Waals surface area contributed by atoms with Gasteiger partial charge in [-0.25, -0.2) is 9.97 Å². The van der Waals surface area contributed by atoms with Crippen LogP contribution < -0.4 is 9.47 Å². The van der Waals surface area contributed by atoms with Gasteiger partial charge in [-0.05, 0) is 56.4 Å². The number of ether oxygens (including phenoxy) is 3. The van der Waals surface area contributed by atoms with Crippen LogP contribution in [-0.4, -0.2) is 36.4 Å². The molecule has 5 nitrogen and oxygen atoms in total. The number of rotatable bonds is 23. The Hall–Kier alpha value is -2.40. The summed E-state index contributed by atoms with van der Waals surface area (Å²) in [7, 11) is 0. The molecule has 2 rings (SSSR count). The van der Waals surface area contributed by atoms with Crippen molar-refractivity contribution < 1.29 is 14.2 Å². The van der Waals surface area contributed by atoms with Crippen molar-refractivity contribution in [3.05, 3.63) is 48.8 Å². The summed E-state index contributed by atoms with van der Waals surface area (Å²) in [6.07, 6.45) is 25.4. The lowest BCUT2D eigenvalue weighted by Gasteiger charge is -2.08. The Balaban J connectivity index is 1.55. The Morgan fingerprint density at radius 1 is 0.595 bits per heavy atom. The van der Waals surface area contributed by atoms with Crippen LogP contribution in [0.3, 0.4) is 0 Å². The molecule has 206 valence electrons. The topological polar surface area (TPSA) is 53.5 Å². The van der Waals surface area contributed by atoms with Crippen LogP contribution >= 0.6 is 0 Å². The number of aromatic nitrogens is 2. The summed E-state index contributed by atoms with van der Waals surface area (Å²) in [6.45, 7) is 7.43. The van der Waals surface area contributed by atoms with E-state index in [0.717, 1.165) is 43.8 Å². The van der Waals surface area contributed by atoms with E-state index in [1.54, 1.807) is 12.4 Å². The van der Waals surface area contributed by atoms with Crippen molar-refractivity contribution in [3.63, 3.8) is 0 Å². The SMILES string of the molecule is CCCCCCCCC/C=C/COc1ccc(-c2ncc(OCCCCOCCCCCC)cn2)cc1. The molecule has 0 aliphatic rings. The Kier molecular flexibility index (Phi) is 18.0. The zero-order valence-electron chi connectivity index (χ0n) is 23.5. The quantitative estimate of drug-likeness (QED) is 0.110. The molecule has 1 aromatic carbocycles. The molecule has 0 N–H and O–H groups in total. The Morgan fingerprint density at radius 2 is 1.19 bits per heavy atom. The fraction of sp³-hybridized carbons (Fsp3) is 0.625. The Morgan fingerprint density at radius 3 is 1.89 bits per heavy atom. The largest absolute Gasteiger partial charge is 0.490 e. The normalized spacial score (nSPS) is 11.3. The van der Waals surface area contributed by atoms with E-state index in [1.165, 1.54) is 70.6 Å². The van der Waals surface area contributed by atoms with Crippen molar-refractivity contribution in [1.82, 2.24) is 9.97 Å². The molecular formula is C32H50N2O3. The summed E-state index contributed by atoms with van der Waals surface area (Å²) in [4.78, 5) is 8.92. The number of hydrogen-bond acceptors (Lipinski definition) is 5. The summed E-state index contributed by atoms with van der Waals surface area (Å²) in [6, 6.07) is 7.93. The van der Waals surface area contributed by atoms with Crippen LogP contribution in [0.4, 0.5) is 0 Å². The zero-order valence-corrected chi connectivity index (χ0v) is 23.5. The lowest BCUT2D eigenvalue weighted by atomic mass is 10.1. The molecule has 37 heavy (non-hydrogen) atoms. The van der Waals surface area contributed by atoms with Gasteiger partial charge in [0.1, 0.15) is 12.4 Å². The highest BCUT2D eigenvalue weighted by Gasteiger charge is 2.03. The number of nitrogens with zero attached hydrogens (tertiary/aromatic N) is 2. The van der Waals surface area contributed by atoms with Crippen LogP contribution in [0, 0.1) is 0 Å². The van der Waals surface area contributed by atoms with Crippen LogP contribution in [0.2, 0.25) is 0 Å². The van der Waals surface area contributed by atoms with Gasteiger partial charge < -0.3 is 14.2 Å². The van der Waals surface area contributed by atoms with Crippen molar-refractivity contribution in [2.24, 2.45) is 0 Å². The molecule has 1 heterocycles. The lowest BCUT2D eigenvalue weighted by molar-refractivity contribution is 0.122. The maximum Gasteiger partial charge on any atom is 0.159 e. The highest BCUT2D eigenvalue weighted by Crippen LogP contribution is 2.20. The van der Waals surface area contributed by atoms with E-state index >= 15 is 0 Å². The van der Waals surface area contributed by atoms with Gasteiger partial charge in [0.25, 0.3) is 0 Å². The number of allylic oxidation sites excluding steroid dienone is 1. The molecule has 0 saturated heterocycles. The predicted octanol–water partition coefficient (Wildman–Crippen LogP) is 8.98. The maximum atomic E-state index is 5.83. The zero-order chi connectivity index (χ0) is 26.2. The summed E-state index contributed by atoms with van der Waals surface area (Å²) in [5, 5.41) is 0. The molecule has 1 aromatic heterocycles. The lowest BCUT2D eigenvalue weighted by Crippen LogP contribution is -2.02. The minimum atomic E-state index is 0.601. The van der Waals surface area contributed by atoms with Gasteiger partial charge in [-0.15, -0.1) is 0 Å². The fourth-order valence-electron chi connectivity index (χ4n) is 4.02. The molecule has 0 amide bonds. The Bertz CT molecular complexity index is 806. The minimum Gasteiger partial charge on any atom is -0.490 e. The first-order valence-corrected chi connectivity index (χ1v) is 14.7. The third-order valence-electron chi connectivity index (χ3n) is 6.32. The molecule has 2 aromatic rings. The third kappa shape index (κ3) is 15.5. The average molecular weight is 511 g/mol. The fourth-order valence-corrected chi connectivity index (χ4v) is 4.02. The molecular weight excluding hydrogens is 460 g/mol. The second-order valence-corrected chi connectivity index (χ2v) is 9.69. The second-order valence-electron chi connectivity index (χ2n) is 9.69. The highest BCUT2D eigenvalue weighted by molar-refractivity contribution is 5.56. The van der Waals surface area contributed by atoms with Gasteiger partial charge >= 0.3 is 0 Å². The number of unbranched alkanes of at least 4 members (excludes halogenated alkanes) is 11. The summed E-state index contributed by atoms with van der Waals surface area (Å²) >= 11 is 0. The van der Waals surface area contributed by atoms with Gasteiger partial charge in [-0.2, -0.15) is 0 Å². The van der Waals surface area contributed by atoms with Gasteiger partial charge in [0.2, 0.25) is 0 Å². The highest BCUT2D eigenvalue weighted by atomic mass is 16.5. The van der Waals surface area contributed by atoms with Crippen LogP contribution in [0.5, 0.6) is 11.5 Å². The van der Waals surface area contributed by atoms with Crippen LogP contribution in [0.25, 0.3) is 11.4 Å². The molecule has 0 atom stereocenters. The van der Waals surface area contributed by atoms with Gasteiger partial charge in [0.05, 0.1) is 19.0 Å². The van der Waals surface area contributed by atoms with Gasteiger partial charge in [0.15, 0.2) is 11.6 Å². The first-order chi connectivity index (χ1) is 18.3. The molecule has 0 aliphatic carbocycles. The summed E-state index contributed by atoms with van der Waals surface area (Å²) < 4.78 is 17.3. The summed E-state index contributed by atoms with van der Waals surface area (Å²) in [5.74, 6) is 2.24.